The van der Waals surface area contributed by atoms with Crippen molar-refractivity contribution in [3.63, 3.8) is 0 Å². The van der Waals surface area contributed by atoms with Crippen LogP contribution >= 0.6 is 0 Å². The minimum atomic E-state index is 0. The number of hydrogen-bond donors (Lipinski definition) is 0. The molecule has 0 unspecified atom stereocenters. The van der Waals surface area contributed by atoms with Crippen LogP contribution in [-0.4, -0.2) is 16.7 Å². The van der Waals surface area contributed by atoms with E-state index in [1.165, 1.54) is 5.39 Å². The first-order valence-electron chi connectivity index (χ1n) is 19.6. The molecule has 0 N–H and O–H groups in total. The smallest absolute Gasteiger partial charge is 0.139 e. The van der Waals surface area contributed by atoms with E-state index in [4.69, 9.17) is 14.5 Å². The zero-order valence-electron chi connectivity index (χ0n) is 32.4. The van der Waals surface area contributed by atoms with Crippen molar-refractivity contribution in [3.8, 4) is 45.3 Å². The van der Waals surface area contributed by atoms with Crippen LogP contribution in [0.15, 0.2) is 188 Å². The quantitative estimate of drug-likeness (QED) is 0.112. The summed E-state index contributed by atoms with van der Waals surface area (Å²) in [6, 6.07) is 70.2. The zero-order chi connectivity index (χ0) is 39.3. The van der Waals surface area contributed by atoms with E-state index in [0.717, 1.165) is 83.8 Å². The van der Waals surface area contributed by atoms with E-state index in [1.54, 1.807) is 13.3 Å². The van der Waals surface area contributed by atoms with E-state index < -0.39 is 0 Å². The number of methoxy groups -OCH3 is 1. The van der Waals surface area contributed by atoms with Crippen LogP contribution in [0.1, 0.15) is 0 Å². The second-order valence-corrected chi connectivity index (χ2v) is 14.4. The van der Waals surface area contributed by atoms with Crippen LogP contribution in [0, 0.1) is 18.8 Å². The molecule has 0 aliphatic carbocycles. The first kappa shape index (κ1) is 37.1. The van der Waals surface area contributed by atoms with Crippen LogP contribution in [0.5, 0.6) is 17.2 Å². The van der Waals surface area contributed by atoms with Gasteiger partial charge in [-0.05, 0) is 40.1 Å². The molecular weight excluding hydrogens is 831 g/mol. The normalized spacial score (nSPS) is 12.2. The van der Waals surface area contributed by atoms with Crippen molar-refractivity contribution in [2.24, 2.45) is 0 Å². The van der Waals surface area contributed by atoms with Gasteiger partial charge in [0.1, 0.15) is 11.6 Å². The molecule has 0 saturated heterocycles. The largest absolute Gasteiger partial charge is 0.509 e. The van der Waals surface area contributed by atoms with E-state index in [2.05, 4.69) is 179 Å². The number of ether oxygens (including phenoxy) is 2. The Morgan fingerprint density at radius 3 is 2.00 bits per heavy atom. The number of aromatic nitrogens is 2. The second kappa shape index (κ2) is 15.5. The van der Waals surface area contributed by atoms with Gasteiger partial charge in [0.15, 0.2) is 0 Å². The fourth-order valence-electron chi connectivity index (χ4n) is 8.37. The van der Waals surface area contributed by atoms with Gasteiger partial charge in [0.2, 0.25) is 0 Å². The number of nitrogens with zero attached hydrogens (tertiary/aromatic N) is 4. The Morgan fingerprint density at radius 1 is 0.550 bits per heavy atom. The van der Waals surface area contributed by atoms with Crippen molar-refractivity contribution >= 4 is 55.3 Å². The number of pyridine rings is 1. The molecule has 0 amide bonds. The Hall–Kier alpha value is -7.17. The van der Waals surface area contributed by atoms with Gasteiger partial charge in [-0.3, -0.25) is 0 Å². The molecule has 0 saturated carbocycles. The molecule has 0 spiro atoms. The second-order valence-electron chi connectivity index (χ2n) is 14.4. The van der Waals surface area contributed by atoms with Gasteiger partial charge in [-0.15, -0.1) is 48.1 Å². The molecule has 1 aliphatic heterocycles. The Bertz CT molecular complexity index is 3130. The summed E-state index contributed by atoms with van der Waals surface area (Å²) in [6.07, 6.45) is 1.76. The molecule has 8 aromatic carbocycles. The SMILES string of the molecule is COc1ccnc(-n2c3[c-]c(Oc4[c-]c(N5[CH-]N(c6c(-c7ccccc7)cccc6-c6ccccc6)c6c5ccc5ccccc65)ccc4)ccc3c3ccccc32)c1.[Pd]. The minimum Gasteiger partial charge on any atom is -0.509 e. The number of anilines is 4. The van der Waals surface area contributed by atoms with Gasteiger partial charge >= 0.3 is 0 Å². The van der Waals surface area contributed by atoms with Crippen LogP contribution in [0.25, 0.3) is 60.6 Å². The van der Waals surface area contributed by atoms with E-state index >= 15 is 0 Å². The average molecular weight is 866 g/mol. The summed E-state index contributed by atoms with van der Waals surface area (Å²) in [5.41, 5.74) is 10.5. The third-order valence-electron chi connectivity index (χ3n) is 11.0. The average Bonchev–Trinajstić information content (AvgIpc) is 3.86. The molecule has 10 aromatic rings. The van der Waals surface area contributed by atoms with Crippen molar-refractivity contribution in [1.29, 1.82) is 0 Å². The summed E-state index contributed by atoms with van der Waals surface area (Å²) in [5, 5.41) is 4.48. The molecule has 2 aromatic heterocycles. The molecule has 292 valence electrons. The van der Waals surface area contributed by atoms with Gasteiger partial charge in [0.25, 0.3) is 0 Å². The van der Waals surface area contributed by atoms with Crippen molar-refractivity contribution in [2.45, 2.75) is 0 Å². The number of benzene rings is 8. The van der Waals surface area contributed by atoms with Crippen LogP contribution in [0.4, 0.5) is 22.7 Å². The predicted molar refractivity (Wildman–Crippen MR) is 239 cm³/mol. The minimum absolute atomic E-state index is 0. The van der Waals surface area contributed by atoms with Crippen molar-refractivity contribution < 1.29 is 29.9 Å². The summed E-state index contributed by atoms with van der Waals surface area (Å²) in [5.74, 6) is 2.61. The summed E-state index contributed by atoms with van der Waals surface area (Å²) in [4.78, 5) is 9.28. The summed E-state index contributed by atoms with van der Waals surface area (Å²) < 4.78 is 14.3. The number of rotatable bonds is 8. The van der Waals surface area contributed by atoms with Crippen molar-refractivity contribution in [1.82, 2.24) is 9.55 Å². The Kier molecular flexibility index (Phi) is 9.62. The fourth-order valence-corrected chi connectivity index (χ4v) is 8.37. The third kappa shape index (κ3) is 6.36. The maximum absolute atomic E-state index is 6.62. The topological polar surface area (TPSA) is 42.8 Å². The molecule has 11 rings (SSSR count). The van der Waals surface area contributed by atoms with E-state index in [-0.39, 0.29) is 20.4 Å². The summed E-state index contributed by atoms with van der Waals surface area (Å²) >= 11 is 0. The summed E-state index contributed by atoms with van der Waals surface area (Å²) in [7, 11) is 1.66. The van der Waals surface area contributed by atoms with Crippen LogP contribution in [0.2, 0.25) is 0 Å². The first-order valence-corrected chi connectivity index (χ1v) is 19.6. The number of fused-ring (bicyclic) bond motifs is 6. The molecule has 0 atom stereocenters. The van der Waals surface area contributed by atoms with Crippen LogP contribution in [-0.2, 0) is 20.4 Å². The van der Waals surface area contributed by atoms with Gasteiger partial charge in [-0.2, -0.15) is 12.1 Å². The molecule has 0 radical (unpaired) electrons. The first-order chi connectivity index (χ1) is 29.2. The van der Waals surface area contributed by atoms with Gasteiger partial charge in [0, 0.05) is 83.3 Å². The Labute approximate surface area is 362 Å². The maximum atomic E-state index is 6.62. The van der Waals surface area contributed by atoms with Crippen LogP contribution in [0.3, 0.4) is 0 Å². The Morgan fingerprint density at radius 2 is 1.23 bits per heavy atom. The molecule has 7 heteroatoms. The van der Waals surface area contributed by atoms with Crippen molar-refractivity contribution in [3.05, 3.63) is 207 Å². The van der Waals surface area contributed by atoms with Crippen molar-refractivity contribution in [2.75, 3.05) is 16.9 Å². The molecule has 0 fully saturated rings. The molecule has 3 heterocycles. The fraction of sp³-hybridized carbons (Fsp3) is 0.0189. The third-order valence-corrected chi connectivity index (χ3v) is 11.0. The standard InChI is InChI=1S/C53H35N4O2.Pd/c1-58-40-30-31-54-51(34-40)57-48-25-11-10-22-46(48)47-28-27-42(33-50(47)57)59-41-20-12-19-39(32-41)55-35-56(53-45-21-9-8-18-38(45)26-29-49(53)55)52-43(36-14-4-2-5-15-36)23-13-24-44(52)37-16-6-3-7-17-37;/h2-31,34-35H,1H3;/q-3;. The molecular formula is C53H35N4O2Pd-3. The predicted octanol–water partition coefficient (Wildman–Crippen LogP) is 13.5. The molecule has 60 heavy (non-hydrogen) atoms. The number of hydrogen-bond acceptors (Lipinski definition) is 5. The zero-order valence-corrected chi connectivity index (χ0v) is 34.0. The Balaban J connectivity index is 0.00000433. The van der Waals surface area contributed by atoms with Gasteiger partial charge < -0.3 is 23.8 Å². The molecule has 6 nitrogen and oxygen atoms in total. The van der Waals surface area contributed by atoms with Gasteiger partial charge in [-0.1, -0.05) is 133 Å². The number of para-hydroxylation sites is 2. The van der Waals surface area contributed by atoms with Gasteiger partial charge in [0.05, 0.1) is 7.11 Å². The molecule has 0 bridgehead atoms. The van der Waals surface area contributed by atoms with E-state index in [1.807, 2.05) is 36.4 Å². The van der Waals surface area contributed by atoms with E-state index in [9.17, 15) is 0 Å². The summed E-state index contributed by atoms with van der Waals surface area (Å²) in [6.45, 7) is 2.19. The van der Waals surface area contributed by atoms with Crippen LogP contribution < -0.4 is 19.3 Å². The van der Waals surface area contributed by atoms with Gasteiger partial charge in [-0.25, -0.2) is 4.98 Å². The maximum Gasteiger partial charge on any atom is 0.139 e. The monoisotopic (exact) mass is 865 g/mol. The van der Waals surface area contributed by atoms with E-state index in [0.29, 0.717) is 11.5 Å². The molecule has 1 aliphatic rings.